The van der Waals surface area contributed by atoms with E-state index in [2.05, 4.69) is 4.98 Å². The third kappa shape index (κ3) is 2.83. The fourth-order valence-corrected chi connectivity index (χ4v) is 2.71. The van der Waals surface area contributed by atoms with E-state index in [0.717, 1.165) is 15.3 Å². The topological polar surface area (TPSA) is 12.9 Å². The quantitative estimate of drug-likeness (QED) is 0.627. The molecule has 0 saturated heterocycles. The average Bonchev–Trinajstić information content (AvgIpc) is 2.80. The van der Waals surface area contributed by atoms with Gasteiger partial charge in [0.2, 0.25) is 0 Å². The van der Waals surface area contributed by atoms with Crippen LogP contribution in [0.2, 0.25) is 5.02 Å². The molecule has 0 aliphatic rings. The van der Waals surface area contributed by atoms with Gasteiger partial charge in [0, 0.05) is 11.1 Å². The minimum Gasteiger partial charge on any atom is -0.237 e. The minimum atomic E-state index is -0.258. The van der Waals surface area contributed by atoms with Crippen molar-refractivity contribution in [3.63, 3.8) is 0 Å². The van der Waals surface area contributed by atoms with E-state index in [-0.39, 0.29) is 5.82 Å². The number of hydrogen-bond donors (Lipinski definition) is 0. The molecule has 0 atom stereocenters. The Morgan fingerprint density at radius 2 is 1.84 bits per heavy atom. The maximum atomic E-state index is 13.1. The summed E-state index contributed by atoms with van der Waals surface area (Å²) in [6.45, 7) is 0. The fourth-order valence-electron chi connectivity index (χ4n) is 1.73. The number of thiazole rings is 1. The zero-order valence-corrected chi connectivity index (χ0v) is 11.4. The molecule has 1 heterocycles. The molecule has 0 aliphatic heterocycles. The lowest BCUT2D eigenvalue weighted by Crippen LogP contribution is -1.73. The summed E-state index contributed by atoms with van der Waals surface area (Å²) in [6.07, 6.45) is 3.89. The predicted octanol–water partition coefficient (Wildman–Crippen LogP) is 5.26. The van der Waals surface area contributed by atoms with Crippen molar-refractivity contribution in [3.05, 3.63) is 63.9 Å². The van der Waals surface area contributed by atoms with Gasteiger partial charge < -0.3 is 0 Å². The van der Waals surface area contributed by atoms with Crippen molar-refractivity contribution >= 4 is 45.3 Å². The molecule has 2 aromatic carbocycles. The first kappa shape index (κ1) is 12.3. The van der Waals surface area contributed by atoms with E-state index in [1.165, 1.54) is 23.5 Å². The molecule has 0 amide bonds. The Hall–Kier alpha value is -1.71. The Balaban J connectivity index is 1.90. The van der Waals surface area contributed by atoms with Gasteiger partial charge in [0.1, 0.15) is 10.8 Å². The molecule has 0 saturated carbocycles. The molecule has 1 nitrogen and oxygen atoms in total. The summed E-state index contributed by atoms with van der Waals surface area (Å²) < 4.78 is 14.1. The minimum absolute atomic E-state index is 0.258. The molecular formula is C15H9ClFNS. The molecular weight excluding hydrogens is 281 g/mol. The van der Waals surface area contributed by atoms with Crippen LogP contribution in [0.4, 0.5) is 4.39 Å². The van der Waals surface area contributed by atoms with E-state index < -0.39 is 0 Å². The average molecular weight is 290 g/mol. The van der Waals surface area contributed by atoms with Gasteiger partial charge in [-0.1, -0.05) is 29.8 Å². The first-order valence-electron chi connectivity index (χ1n) is 5.70. The smallest absolute Gasteiger partial charge is 0.125 e. The zero-order chi connectivity index (χ0) is 13.2. The second-order valence-corrected chi connectivity index (χ2v) is 5.55. The molecule has 0 radical (unpaired) electrons. The SMILES string of the molecule is Fc1ccc2sc(/C=C/c3ccc(Cl)cc3)nc2c1. The molecule has 0 fully saturated rings. The van der Waals surface area contributed by atoms with Gasteiger partial charge >= 0.3 is 0 Å². The Labute approximate surface area is 119 Å². The molecule has 3 aromatic rings. The van der Waals surface area contributed by atoms with Crippen LogP contribution in [0.3, 0.4) is 0 Å². The number of hydrogen-bond acceptors (Lipinski definition) is 2. The van der Waals surface area contributed by atoms with Gasteiger partial charge in [0.25, 0.3) is 0 Å². The lowest BCUT2D eigenvalue weighted by Gasteiger charge is -1.92. The van der Waals surface area contributed by atoms with Gasteiger partial charge in [0.15, 0.2) is 0 Å². The molecule has 0 unspecified atom stereocenters. The number of rotatable bonds is 2. The summed E-state index contributed by atoms with van der Waals surface area (Å²) >= 11 is 7.36. The molecule has 0 spiro atoms. The van der Waals surface area contributed by atoms with E-state index in [1.807, 2.05) is 36.4 Å². The highest BCUT2D eigenvalue weighted by atomic mass is 35.5. The van der Waals surface area contributed by atoms with Crippen LogP contribution >= 0.6 is 22.9 Å². The van der Waals surface area contributed by atoms with Gasteiger partial charge in [-0.05, 0) is 35.9 Å². The normalized spacial score (nSPS) is 11.5. The van der Waals surface area contributed by atoms with Crippen LogP contribution in [-0.4, -0.2) is 4.98 Å². The zero-order valence-electron chi connectivity index (χ0n) is 9.81. The van der Waals surface area contributed by atoms with Crippen LogP contribution in [0.25, 0.3) is 22.4 Å². The Morgan fingerprint density at radius 1 is 1.05 bits per heavy atom. The van der Waals surface area contributed by atoms with Crippen LogP contribution < -0.4 is 0 Å². The molecule has 94 valence electrons. The van der Waals surface area contributed by atoms with Crippen LogP contribution in [0, 0.1) is 5.82 Å². The highest BCUT2D eigenvalue weighted by Gasteiger charge is 2.02. The largest absolute Gasteiger partial charge is 0.237 e. The molecule has 0 bridgehead atoms. The van der Waals surface area contributed by atoms with Gasteiger partial charge in [0.05, 0.1) is 10.2 Å². The van der Waals surface area contributed by atoms with Crippen LogP contribution in [-0.2, 0) is 0 Å². The third-order valence-corrected chi connectivity index (χ3v) is 3.91. The molecule has 19 heavy (non-hydrogen) atoms. The summed E-state index contributed by atoms with van der Waals surface area (Å²) in [5.74, 6) is -0.258. The number of aromatic nitrogens is 1. The van der Waals surface area contributed by atoms with E-state index >= 15 is 0 Å². The van der Waals surface area contributed by atoms with Gasteiger partial charge in [-0.15, -0.1) is 11.3 Å². The number of fused-ring (bicyclic) bond motifs is 1. The lowest BCUT2D eigenvalue weighted by atomic mass is 10.2. The lowest BCUT2D eigenvalue weighted by molar-refractivity contribution is 0.629. The van der Waals surface area contributed by atoms with E-state index in [0.29, 0.717) is 10.5 Å². The number of benzene rings is 2. The Bertz CT molecular complexity index is 746. The molecule has 0 aliphatic carbocycles. The van der Waals surface area contributed by atoms with Crippen molar-refractivity contribution in [2.24, 2.45) is 0 Å². The molecule has 3 rings (SSSR count). The van der Waals surface area contributed by atoms with Crippen molar-refractivity contribution in [2.45, 2.75) is 0 Å². The van der Waals surface area contributed by atoms with E-state index in [4.69, 9.17) is 11.6 Å². The van der Waals surface area contributed by atoms with Crippen molar-refractivity contribution in [3.8, 4) is 0 Å². The Kier molecular flexibility index (Phi) is 3.32. The molecule has 0 N–H and O–H groups in total. The summed E-state index contributed by atoms with van der Waals surface area (Å²) in [4.78, 5) is 4.37. The number of halogens is 2. The molecule has 1 aromatic heterocycles. The van der Waals surface area contributed by atoms with Gasteiger partial charge in [-0.25, -0.2) is 9.37 Å². The highest BCUT2D eigenvalue weighted by Crippen LogP contribution is 2.24. The van der Waals surface area contributed by atoms with Crippen molar-refractivity contribution in [2.75, 3.05) is 0 Å². The standard InChI is InChI=1S/C15H9ClFNS/c16-11-4-1-10(2-5-11)3-8-15-18-13-9-12(17)6-7-14(13)19-15/h1-9H/b8-3+. The summed E-state index contributed by atoms with van der Waals surface area (Å²) in [5.41, 5.74) is 1.75. The maximum absolute atomic E-state index is 13.1. The summed E-state index contributed by atoms with van der Waals surface area (Å²) in [6, 6.07) is 12.2. The fraction of sp³-hybridized carbons (Fsp3) is 0. The summed E-state index contributed by atoms with van der Waals surface area (Å²) in [5, 5.41) is 1.57. The predicted molar refractivity (Wildman–Crippen MR) is 80.0 cm³/mol. The molecule has 4 heteroatoms. The van der Waals surface area contributed by atoms with Crippen LogP contribution in [0.15, 0.2) is 42.5 Å². The first-order chi connectivity index (χ1) is 9.20. The monoisotopic (exact) mass is 289 g/mol. The number of nitrogens with zero attached hydrogens (tertiary/aromatic N) is 1. The van der Waals surface area contributed by atoms with Gasteiger partial charge in [-0.3, -0.25) is 0 Å². The Morgan fingerprint density at radius 3 is 2.63 bits per heavy atom. The van der Waals surface area contributed by atoms with E-state index in [1.54, 1.807) is 6.07 Å². The summed E-state index contributed by atoms with van der Waals surface area (Å²) in [7, 11) is 0. The van der Waals surface area contributed by atoms with Crippen molar-refractivity contribution < 1.29 is 4.39 Å². The van der Waals surface area contributed by atoms with E-state index in [9.17, 15) is 4.39 Å². The highest BCUT2D eigenvalue weighted by molar-refractivity contribution is 7.19. The third-order valence-electron chi connectivity index (χ3n) is 2.65. The second kappa shape index (κ2) is 5.11. The van der Waals surface area contributed by atoms with Gasteiger partial charge in [-0.2, -0.15) is 0 Å². The first-order valence-corrected chi connectivity index (χ1v) is 6.90. The van der Waals surface area contributed by atoms with Crippen molar-refractivity contribution in [1.29, 1.82) is 0 Å². The van der Waals surface area contributed by atoms with Crippen LogP contribution in [0.1, 0.15) is 10.6 Å². The van der Waals surface area contributed by atoms with Crippen molar-refractivity contribution in [1.82, 2.24) is 4.98 Å². The maximum Gasteiger partial charge on any atom is 0.125 e. The second-order valence-electron chi connectivity index (χ2n) is 4.05. The van der Waals surface area contributed by atoms with Crippen LogP contribution in [0.5, 0.6) is 0 Å².